The summed E-state index contributed by atoms with van der Waals surface area (Å²) in [6.45, 7) is 3.56. The zero-order chi connectivity index (χ0) is 18.0. The molecule has 0 radical (unpaired) electrons. The Morgan fingerprint density at radius 3 is 2.29 bits per heavy atom. The fourth-order valence-corrected chi connectivity index (χ4v) is 2.17. The highest BCUT2D eigenvalue weighted by Crippen LogP contribution is 2.36. The molecule has 9 heteroatoms. The third kappa shape index (κ3) is 3.29. The summed E-state index contributed by atoms with van der Waals surface area (Å²) in [5.41, 5.74) is -0.0969. The number of non-ortho nitro benzene ring substituents is 1. The second-order valence-corrected chi connectivity index (χ2v) is 5.15. The molecule has 124 valence electrons. The van der Waals surface area contributed by atoms with E-state index in [1.54, 1.807) is 19.1 Å². The van der Waals surface area contributed by atoms with Gasteiger partial charge in [-0.3, -0.25) is 20.2 Å². The van der Waals surface area contributed by atoms with Gasteiger partial charge in [-0.2, -0.15) is 0 Å². The molecule has 2 N–H and O–H groups in total. The van der Waals surface area contributed by atoms with Crippen LogP contribution in [0.1, 0.15) is 21.5 Å². The summed E-state index contributed by atoms with van der Waals surface area (Å²) in [7, 11) is 0. The normalized spacial score (nSPS) is 10.2. The molecule has 0 aliphatic carbocycles. The summed E-state index contributed by atoms with van der Waals surface area (Å²) >= 11 is 0. The molecule has 0 heterocycles. The first-order valence-electron chi connectivity index (χ1n) is 6.75. The molecular weight excluding hydrogens is 318 g/mol. The number of carbonyl (C=O) groups is 1. The average Bonchev–Trinajstić information content (AvgIpc) is 2.50. The second-order valence-electron chi connectivity index (χ2n) is 5.15. The summed E-state index contributed by atoms with van der Waals surface area (Å²) in [6.07, 6.45) is 0. The van der Waals surface area contributed by atoms with Gasteiger partial charge < -0.3 is 10.4 Å². The van der Waals surface area contributed by atoms with Gasteiger partial charge in [-0.15, -0.1) is 0 Å². The number of nitrogens with zero attached hydrogens (tertiary/aromatic N) is 2. The van der Waals surface area contributed by atoms with Crippen molar-refractivity contribution in [2.75, 3.05) is 5.32 Å². The molecule has 24 heavy (non-hydrogen) atoms. The zero-order valence-electron chi connectivity index (χ0n) is 12.8. The number of nitro groups is 2. The molecule has 0 spiro atoms. The molecule has 0 aliphatic heterocycles. The van der Waals surface area contributed by atoms with E-state index in [1.165, 1.54) is 0 Å². The van der Waals surface area contributed by atoms with Crippen LogP contribution in [0, 0.1) is 34.1 Å². The number of anilines is 2. The van der Waals surface area contributed by atoms with Crippen molar-refractivity contribution < 1.29 is 19.7 Å². The van der Waals surface area contributed by atoms with E-state index in [1.807, 2.05) is 13.0 Å². The van der Waals surface area contributed by atoms with Crippen LogP contribution in [-0.2, 0) is 0 Å². The monoisotopic (exact) mass is 331 g/mol. The van der Waals surface area contributed by atoms with Crippen LogP contribution in [0.15, 0.2) is 30.3 Å². The Kier molecular flexibility index (Phi) is 4.45. The van der Waals surface area contributed by atoms with Crippen molar-refractivity contribution in [1.29, 1.82) is 0 Å². The number of rotatable bonds is 5. The van der Waals surface area contributed by atoms with E-state index in [4.69, 9.17) is 0 Å². The Balaban J connectivity index is 2.70. The van der Waals surface area contributed by atoms with Crippen LogP contribution in [0.5, 0.6) is 0 Å². The Labute approximate surface area is 135 Å². The van der Waals surface area contributed by atoms with E-state index in [2.05, 4.69) is 5.32 Å². The lowest BCUT2D eigenvalue weighted by molar-refractivity contribution is -0.393. The van der Waals surface area contributed by atoms with Gasteiger partial charge in [0.2, 0.25) is 0 Å². The second kappa shape index (κ2) is 6.32. The van der Waals surface area contributed by atoms with Crippen LogP contribution in [-0.4, -0.2) is 20.9 Å². The van der Waals surface area contributed by atoms with Crippen LogP contribution < -0.4 is 5.32 Å². The minimum Gasteiger partial charge on any atom is -0.478 e. The number of nitro benzene ring substituents is 2. The lowest BCUT2D eigenvalue weighted by atomic mass is 10.1. The van der Waals surface area contributed by atoms with Crippen LogP contribution in [0.4, 0.5) is 22.7 Å². The first-order valence-corrected chi connectivity index (χ1v) is 6.75. The maximum atomic E-state index is 11.4. The highest BCUT2D eigenvalue weighted by molar-refractivity contribution is 5.99. The standard InChI is InChI=1S/C15H13N3O6/c1-8-3-4-9(2)12(5-8)16-14-11(15(19)20)6-10(17(21)22)7-13(14)18(23)24/h3-7,16H,1-2H3,(H,19,20). The number of aromatic carboxylic acids is 1. The average molecular weight is 331 g/mol. The number of carboxylic acid groups (broad SMARTS) is 1. The van der Waals surface area contributed by atoms with Gasteiger partial charge in [0.15, 0.2) is 0 Å². The molecule has 2 aromatic carbocycles. The van der Waals surface area contributed by atoms with Gasteiger partial charge in [0, 0.05) is 11.8 Å². The predicted molar refractivity (Wildman–Crippen MR) is 85.9 cm³/mol. The van der Waals surface area contributed by atoms with Crippen molar-refractivity contribution in [3.05, 3.63) is 67.3 Å². The Morgan fingerprint density at radius 2 is 1.75 bits per heavy atom. The van der Waals surface area contributed by atoms with E-state index >= 15 is 0 Å². The number of aryl methyl sites for hydroxylation is 2. The van der Waals surface area contributed by atoms with Gasteiger partial charge in [0.1, 0.15) is 5.69 Å². The number of carboxylic acids is 1. The summed E-state index contributed by atoms with van der Waals surface area (Å²) in [6, 6.07) is 6.84. The van der Waals surface area contributed by atoms with Gasteiger partial charge in [-0.05, 0) is 31.0 Å². The molecule has 0 aliphatic rings. The highest BCUT2D eigenvalue weighted by Gasteiger charge is 2.27. The van der Waals surface area contributed by atoms with E-state index in [0.717, 1.165) is 23.3 Å². The molecule has 0 unspecified atom stereocenters. The maximum Gasteiger partial charge on any atom is 0.338 e. The molecule has 0 fully saturated rings. The van der Waals surface area contributed by atoms with Gasteiger partial charge in [-0.1, -0.05) is 12.1 Å². The molecule has 0 saturated heterocycles. The van der Waals surface area contributed by atoms with Crippen LogP contribution in [0.3, 0.4) is 0 Å². The summed E-state index contributed by atoms with van der Waals surface area (Å²) < 4.78 is 0. The lowest BCUT2D eigenvalue weighted by Gasteiger charge is -2.13. The molecule has 0 atom stereocenters. The molecule has 2 rings (SSSR count). The van der Waals surface area contributed by atoms with E-state index in [-0.39, 0.29) is 5.69 Å². The number of nitrogens with one attached hydrogen (secondary N) is 1. The number of hydrogen-bond acceptors (Lipinski definition) is 6. The lowest BCUT2D eigenvalue weighted by Crippen LogP contribution is -2.08. The smallest absolute Gasteiger partial charge is 0.338 e. The van der Waals surface area contributed by atoms with Gasteiger partial charge in [0.05, 0.1) is 21.5 Å². The molecule has 0 aromatic heterocycles. The van der Waals surface area contributed by atoms with Gasteiger partial charge in [0.25, 0.3) is 11.4 Å². The Morgan fingerprint density at radius 1 is 1.08 bits per heavy atom. The maximum absolute atomic E-state index is 11.4. The third-order valence-corrected chi connectivity index (χ3v) is 3.39. The third-order valence-electron chi connectivity index (χ3n) is 3.39. The first-order chi connectivity index (χ1) is 11.2. The topological polar surface area (TPSA) is 136 Å². The molecule has 9 nitrogen and oxygen atoms in total. The van der Waals surface area contributed by atoms with Crippen LogP contribution in [0.2, 0.25) is 0 Å². The number of benzene rings is 2. The van der Waals surface area contributed by atoms with E-state index in [0.29, 0.717) is 5.69 Å². The largest absolute Gasteiger partial charge is 0.478 e. The minimum atomic E-state index is -1.50. The van der Waals surface area contributed by atoms with Crippen LogP contribution >= 0.6 is 0 Å². The van der Waals surface area contributed by atoms with E-state index < -0.39 is 32.8 Å². The van der Waals surface area contributed by atoms with Crippen molar-refractivity contribution in [3.8, 4) is 0 Å². The van der Waals surface area contributed by atoms with Crippen molar-refractivity contribution in [2.24, 2.45) is 0 Å². The summed E-state index contributed by atoms with van der Waals surface area (Å²) in [5, 5.41) is 34.2. The zero-order valence-corrected chi connectivity index (χ0v) is 12.8. The van der Waals surface area contributed by atoms with Crippen LogP contribution in [0.25, 0.3) is 0 Å². The molecule has 2 aromatic rings. The Hall–Kier alpha value is -3.49. The van der Waals surface area contributed by atoms with Crippen molar-refractivity contribution in [2.45, 2.75) is 13.8 Å². The fraction of sp³-hybridized carbons (Fsp3) is 0.133. The fourth-order valence-electron chi connectivity index (χ4n) is 2.17. The molecule has 0 saturated carbocycles. The highest BCUT2D eigenvalue weighted by atomic mass is 16.6. The Bertz CT molecular complexity index is 827. The summed E-state index contributed by atoms with van der Waals surface area (Å²) in [5.74, 6) is -1.50. The SMILES string of the molecule is Cc1ccc(C)c(Nc2c(C(=O)O)cc([N+](=O)[O-])cc2[N+](=O)[O-])c1. The van der Waals surface area contributed by atoms with E-state index in [9.17, 15) is 30.1 Å². The van der Waals surface area contributed by atoms with Crippen molar-refractivity contribution >= 4 is 28.7 Å². The quantitative estimate of drug-likeness (QED) is 0.631. The number of hydrogen-bond donors (Lipinski definition) is 2. The van der Waals surface area contributed by atoms with Crippen molar-refractivity contribution in [1.82, 2.24) is 0 Å². The molecule has 0 amide bonds. The molecular formula is C15H13N3O6. The molecule has 0 bridgehead atoms. The van der Waals surface area contributed by atoms with Gasteiger partial charge >= 0.3 is 5.97 Å². The summed E-state index contributed by atoms with van der Waals surface area (Å²) in [4.78, 5) is 31.9. The van der Waals surface area contributed by atoms with Gasteiger partial charge in [-0.25, -0.2) is 4.79 Å². The first kappa shape index (κ1) is 16.9. The minimum absolute atomic E-state index is 0.299. The van der Waals surface area contributed by atoms with Crippen molar-refractivity contribution in [3.63, 3.8) is 0 Å². The predicted octanol–water partition coefficient (Wildman–Crippen LogP) is 3.56.